The van der Waals surface area contributed by atoms with Gasteiger partial charge in [0.2, 0.25) is 0 Å². The van der Waals surface area contributed by atoms with Gasteiger partial charge in [-0.05, 0) is 37.0 Å². The summed E-state index contributed by atoms with van der Waals surface area (Å²) < 4.78 is 5.21. The molecule has 1 fully saturated rings. The fourth-order valence-electron chi connectivity index (χ4n) is 2.27. The molecule has 15 heavy (non-hydrogen) atoms. The Hall–Kier alpha value is -0.970. The Bertz CT molecular complexity index is 275. The van der Waals surface area contributed by atoms with Crippen LogP contribution in [0, 0.1) is 23.7 Å². The number of ether oxygens (including phenoxy) is 1. The summed E-state index contributed by atoms with van der Waals surface area (Å²) in [5, 5.41) is 0. The van der Waals surface area contributed by atoms with E-state index in [9.17, 15) is 4.79 Å². The van der Waals surface area contributed by atoms with E-state index < -0.39 is 5.97 Å². The summed E-state index contributed by atoms with van der Waals surface area (Å²) >= 11 is 0. The van der Waals surface area contributed by atoms with Crippen molar-refractivity contribution in [1.82, 2.24) is 0 Å². The summed E-state index contributed by atoms with van der Waals surface area (Å²) in [4.78, 5) is 11.0. The highest BCUT2D eigenvalue weighted by Crippen LogP contribution is 2.42. The molecule has 2 atom stereocenters. The normalized spacial score (nSPS) is 31.0. The minimum Gasteiger partial charge on any atom is -0.453 e. The lowest BCUT2D eigenvalue weighted by atomic mass is 9.67. The van der Waals surface area contributed by atoms with Crippen molar-refractivity contribution in [3.8, 4) is 12.3 Å². The number of terminal acetylenes is 1. The zero-order valence-electron chi connectivity index (χ0n) is 9.88. The predicted octanol–water partition coefficient (Wildman–Crippen LogP) is 2.77. The molecule has 0 saturated heterocycles. The van der Waals surface area contributed by atoms with Crippen LogP contribution in [0.25, 0.3) is 0 Å². The highest BCUT2D eigenvalue weighted by molar-refractivity contribution is 5.87. The molecule has 0 radical (unpaired) electrons. The number of carbonyl (C=O) groups is 1. The largest absolute Gasteiger partial charge is 0.453 e. The van der Waals surface area contributed by atoms with E-state index in [4.69, 9.17) is 11.2 Å². The summed E-state index contributed by atoms with van der Waals surface area (Å²) in [5.74, 6) is 2.10. The lowest BCUT2D eigenvalue weighted by Gasteiger charge is -2.40. The van der Waals surface area contributed by atoms with Crippen molar-refractivity contribution in [1.29, 1.82) is 0 Å². The standard InChI is InChI=1S/C13H20O2/c1-5-12(14)15-11-7-6-8-13(4,9-11)10(2)3/h1,10-11H,6-9H2,2-4H3. The molecular formula is C13H20O2. The molecule has 0 heterocycles. The van der Waals surface area contributed by atoms with Crippen LogP contribution < -0.4 is 0 Å². The first-order valence-electron chi connectivity index (χ1n) is 5.65. The van der Waals surface area contributed by atoms with Gasteiger partial charge in [0.1, 0.15) is 6.10 Å². The summed E-state index contributed by atoms with van der Waals surface area (Å²) in [7, 11) is 0. The molecule has 1 rings (SSSR count). The summed E-state index contributed by atoms with van der Waals surface area (Å²) in [6.45, 7) is 6.73. The zero-order valence-corrected chi connectivity index (χ0v) is 9.88. The Kier molecular flexibility index (Phi) is 3.79. The van der Waals surface area contributed by atoms with E-state index in [-0.39, 0.29) is 11.5 Å². The van der Waals surface area contributed by atoms with Crippen LogP contribution in [0.1, 0.15) is 46.5 Å². The fourth-order valence-corrected chi connectivity index (χ4v) is 2.27. The van der Waals surface area contributed by atoms with Crippen molar-refractivity contribution in [2.75, 3.05) is 0 Å². The van der Waals surface area contributed by atoms with Gasteiger partial charge < -0.3 is 4.74 Å². The van der Waals surface area contributed by atoms with Crippen LogP contribution in [0.4, 0.5) is 0 Å². The zero-order chi connectivity index (χ0) is 11.5. The summed E-state index contributed by atoms with van der Waals surface area (Å²) in [6, 6.07) is 0. The third-order valence-electron chi connectivity index (χ3n) is 3.75. The lowest BCUT2D eigenvalue weighted by molar-refractivity contribution is -0.146. The van der Waals surface area contributed by atoms with E-state index in [1.54, 1.807) is 0 Å². The van der Waals surface area contributed by atoms with E-state index in [1.165, 1.54) is 6.42 Å². The molecule has 2 nitrogen and oxygen atoms in total. The molecule has 0 aromatic heterocycles. The number of rotatable bonds is 2. The van der Waals surface area contributed by atoms with Crippen LogP contribution >= 0.6 is 0 Å². The SMILES string of the molecule is C#CC(=O)OC1CCCC(C)(C(C)C)C1. The average Bonchev–Trinajstić information content (AvgIpc) is 2.17. The Balaban J connectivity index is 2.57. The van der Waals surface area contributed by atoms with Crippen LogP contribution in [0.3, 0.4) is 0 Å². The summed E-state index contributed by atoms with van der Waals surface area (Å²) in [5.41, 5.74) is 0.289. The molecular weight excluding hydrogens is 188 g/mol. The third-order valence-corrected chi connectivity index (χ3v) is 3.75. The first-order chi connectivity index (χ1) is 6.98. The van der Waals surface area contributed by atoms with Gasteiger partial charge in [-0.25, -0.2) is 4.79 Å². The topological polar surface area (TPSA) is 26.3 Å². The Morgan fingerprint density at radius 3 is 2.80 bits per heavy atom. The highest BCUT2D eigenvalue weighted by Gasteiger charge is 2.36. The van der Waals surface area contributed by atoms with Gasteiger partial charge >= 0.3 is 5.97 Å². The maximum atomic E-state index is 11.0. The highest BCUT2D eigenvalue weighted by atomic mass is 16.5. The fraction of sp³-hybridized carbons (Fsp3) is 0.769. The molecule has 2 heteroatoms. The van der Waals surface area contributed by atoms with Crippen molar-refractivity contribution in [3.05, 3.63) is 0 Å². The van der Waals surface area contributed by atoms with E-state index in [1.807, 2.05) is 5.92 Å². The minimum atomic E-state index is -0.520. The second-order valence-corrected chi connectivity index (χ2v) is 5.08. The molecule has 1 saturated carbocycles. The van der Waals surface area contributed by atoms with Crippen molar-refractivity contribution >= 4 is 5.97 Å². The molecule has 1 aliphatic rings. The number of esters is 1. The third kappa shape index (κ3) is 2.99. The molecule has 84 valence electrons. The van der Waals surface area contributed by atoms with E-state index in [0.29, 0.717) is 5.92 Å². The minimum absolute atomic E-state index is 0.0229. The molecule has 2 unspecified atom stereocenters. The first-order valence-corrected chi connectivity index (χ1v) is 5.65. The second-order valence-electron chi connectivity index (χ2n) is 5.08. The number of hydrogen-bond donors (Lipinski definition) is 0. The Morgan fingerprint density at radius 2 is 2.27 bits per heavy atom. The molecule has 0 aromatic carbocycles. The monoisotopic (exact) mass is 208 g/mol. The van der Waals surface area contributed by atoms with Gasteiger partial charge in [0, 0.05) is 5.92 Å². The van der Waals surface area contributed by atoms with Gasteiger partial charge in [0.25, 0.3) is 0 Å². The van der Waals surface area contributed by atoms with Crippen LogP contribution in [0.15, 0.2) is 0 Å². The van der Waals surface area contributed by atoms with E-state index >= 15 is 0 Å². The van der Waals surface area contributed by atoms with Crippen molar-refractivity contribution in [3.63, 3.8) is 0 Å². The van der Waals surface area contributed by atoms with Gasteiger partial charge in [-0.3, -0.25) is 0 Å². The van der Waals surface area contributed by atoms with Crippen LogP contribution in [-0.4, -0.2) is 12.1 Å². The molecule has 1 aliphatic carbocycles. The van der Waals surface area contributed by atoms with Crippen molar-refractivity contribution < 1.29 is 9.53 Å². The van der Waals surface area contributed by atoms with E-state index in [2.05, 4.69) is 20.8 Å². The molecule has 0 aliphatic heterocycles. The molecule has 0 spiro atoms. The maximum absolute atomic E-state index is 11.0. The van der Waals surface area contributed by atoms with Gasteiger partial charge in [-0.15, -0.1) is 6.42 Å². The Morgan fingerprint density at radius 1 is 1.60 bits per heavy atom. The first kappa shape index (κ1) is 12.1. The molecule has 0 amide bonds. The molecule has 0 N–H and O–H groups in total. The smallest absolute Gasteiger partial charge is 0.384 e. The van der Waals surface area contributed by atoms with Gasteiger partial charge in [0.05, 0.1) is 0 Å². The Labute approximate surface area is 92.4 Å². The van der Waals surface area contributed by atoms with Crippen molar-refractivity contribution in [2.45, 2.75) is 52.6 Å². The number of carbonyl (C=O) groups excluding carboxylic acids is 1. The second kappa shape index (κ2) is 4.70. The maximum Gasteiger partial charge on any atom is 0.384 e. The summed E-state index contributed by atoms with van der Waals surface area (Å²) in [6.07, 6.45) is 9.25. The number of hydrogen-bond acceptors (Lipinski definition) is 2. The van der Waals surface area contributed by atoms with Gasteiger partial charge in [-0.1, -0.05) is 20.8 Å². The van der Waals surface area contributed by atoms with Gasteiger partial charge in [0.15, 0.2) is 0 Å². The average molecular weight is 208 g/mol. The van der Waals surface area contributed by atoms with Crippen LogP contribution in [-0.2, 0) is 9.53 Å². The predicted molar refractivity (Wildman–Crippen MR) is 60.1 cm³/mol. The van der Waals surface area contributed by atoms with E-state index in [0.717, 1.165) is 19.3 Å². The quantitative estimate of drug-likeness (QED) is 0.396. The van der Waals surface area contributed by atoms with Crippen LogP contribution in [0.2, 0.25) is 0 Å². The van der Waals surface area contributed by atoms with Crippen molar-refractivity contribution in [2.24, 2.45) is 11.3 Å². The molecule has 0 bridgehead atoms. The molecule has 0 aromatic rings. The van der Waals surface area contributed by atoms with Gasteiger partial charge in [-0.2, -0.15) is 0 Å². The lowest BCUT2D eigenvalue weighted by Crippen LogP contribution is -2.35. The van der Waals surface area contributed by atoms with Crippen LogP contribution in [0.5, 0.6) is 0 Å².